The molecule has 0 saturated heterocycles. The summed E-state index contributed by atoms with van der Waals surface area (Å²) >= 11 is 0. The monoisotopic (exact) mass is 340 g/mol. The Labute approximate surface area is 143 Å². The van der Waals surface area contributed by atoms with Gasteiger partial charge in [0.2, 0.25) is 0 Å². The predicted octanol–water partition coefficient (Wildman–Crippen LogP) is 0.663. The van der Waals surface area contributed by atoms with Gasteiger partial charge in [-0.2, -0.15) is 0 Å². The van der Waals surface area contributed by atoms with Crippen LogP contribution in [0.1, 0.15) is 52.9 Å². The third-order valence-corrected chi connectivity index (χ3v) is 8.89. The number of rotatable bonds is 0. The molecule has 4 rings (SSSR count). The second-order valence-corrected chi connectivity index (χ2v) is 9.78. The van der Waals surface area contributed by atoms with Crippen molar-refractivity contribution < 1.29 is 25.5 Å². The lowest BCUT2D eigenvalue weighted by Gasteiger charge is -2.47. The van der Waals surface area contributed by atoms with Gasteiger partial charge >= 0.3 is 0 Å². The van der Waals surface area contributed by atoms with Gasteiger partial charge in [0, 0.05) is 16.7 Å². The molecule has 4 saturated carbocycles. The van der Waals surface area contributed by atoms with Crippen molar-refractivity contribution >= 4 is 0 Å². The molecule has 0 aromatic heterocycles. The summed E-state index contributed by atoms with van der Waals surface area (Å²) in [6.45, 7) is 5.78. The minimum Gasteiger partial charge on any atom is -0.393 e. The first-order valence-corrected chi connectivity index (χ1v) is 9.52. The van der Waals surface area contributed by atoms with E-state index in [0.717, 1.165) is 12.8 Å². The molecule has 5 nitrogen and oxygen atoms in total. The van der Waals surface area contributed by atoms with E-state index in [1.54, 1.807) is 0 Å². The Kier molecular flexibility index (Phi) is 3.55. The maximum atomic E-state index is 11.6. The average molecular weight is 340 g/mol. The molecule has 138 valence electrons. The molecule has 2 bridgehead atoms. The number of aliphatic hydroxyl groups excluding tert-OH is 4. The maximum absolute atomic E-state index is 11.6. The quantitative estimate of drug-likeness (QED) is 0.446. The molecule has 0 aromatic carbocycles. The van der Waals surface area contributed by atoms with Crippen molar-refractivity contribution in [3.05, 3.63) is 0 Å². The normalized spacial score (nSPS) is 62.0. The third kappa shape index (κ3) is 1.73. The molecule has 0 radical (unpaired) electrons. The SMILES string of the molecule is C[C@H]1[C@@H]2CC[C@@H]3[C@@H](O)[C@@]2(C[C@@H](O)[C@@]2(O)[C@H]1C[C@H](O)C2(C)C)C[C@@H]3O. The third-order valence-electron chi connectivity index (χ3n) is 8.89. The van der Waals surface area contributed by atoms with E-state index in [4.69, 9.17) is 0 Å². The van der Waals surface area contributed by atoms with Gasteiger partial charge in [0.25, 0.3) is 0 Å². The highest BCUT2D eigenvalue weighted by Crippen LogP contribution is 2.67. The Balaban J connectivity index is 1.82. The molecule has 1 spiro atoms. The summed E-state index contributed by atoms with van der Waals surface area (Å²) in [6.07, 6.45) is 0.235. The van der Waals surface area contributed by atoms with Gasteiger partial charge in [-0.25, -0.2) is 0 Å². The van der Waals surface area contributed by atoms with Gasteiger partial charge in [-0.1, -0.05) is 20.8 Å². The van der Waals surface area contributed by atoms with E-state index in [9.17, 15) is 25.5 Å². The molecule has 4 aliphatic rings. The number of hydrogen-bond donors (Lipinski definition) is 5. The van der Waals surface area contributed by atoms with Crippen LogP contribution in [0.2, 0.25) is 0 Å². The summed E-state index contributed by atoms with van der Waals surface area (Å²) in [5.41, 5.74) is -2.67. The summed E-state index contributed by atoms with van der Waals surface area (Å²) < 4.78 is 0. The number of aliphatic hydroxyl groups is 5. The number of hydrogen-bond acceptors (Lipinski definition) is 5. The Hall–Kier alpha value is -0.200. The summed E-state index contributed by atoms with van der Waals surface area (Å²) in [6, 6.07) is 0. The van der Waals surface area contributed by atoms with Crippen molar-refractivity contribution in [3.63, 3.8) is 0 Å². The zero-order valence-corrected chi connectivity index (χ0v) is 14.9. The predicted molar refractivity (Wildman–Crippen MR) is 87.9 cm³/mol. The first-order valence-electron chi connectivity index (χ1n) is 9.52. The molecule has 4 fully saturated rings. The smallest absolute Gasteiger partial charge is 0.101 e. The van der Waals surface area contributed by atoms with Crippen molar-refractivity contribution in [1.29, 1.82) is 0 Å². The molecule has 0 aromatic rings. The lowest BCUT2D eigenvalue weighted by Crippen LogP contribution is -2.57. The van der Waals surface area contributed by atoms with Crippen LogP contribution >= 0.6 is 0 Å². The second-order valence-electron chi connectivity index (χ2n) is 9.78. The lowest BCUT2D eigenvalue weighted by molar-refractivity contribution is -0.178. The largest absolute Gasteiger partial charge is 0.393 e. The molecule has 0 heterocycles. The van der Waals surface area contributed by atoms with Gasteiger partial charge < -0.3 is 25.5 Å². The Morgan fingerprint density at radius 2 is 1.54 bits per heavy atom. The minimum atomic E-state index is -1.36. The van der Waals surface area contributed by atoms with Crippen LogP contribution in [0, 0.1) is 34.5 Å². The van der Waals surface area contributed by atoms with Gasteiger partial charge in [-0.15, -0.1) is 0 Å². The highest BCUT2D eigenvalue weighted by molar-refractivity contribution is 5.20. The second kappa shape index (κ2) is 4.95. The maximum Gasteiger partial charge on any atom is 0.101 e. The Morgan fingerprint density at radius 3 is 2.21 bits per heavy atom. The van der Waals surface area contributed by atoms with Crippen molar-refractivity contribution in [2.45, 2.75) is 82.9 Å². The number of fused-ring (bicyclic) bond motifs is 2. The van der Waals surface area contributed by atoms with Crippen LogP contribution in [0.4, 0.5) is 0 Å². The average Bonchev–Trinajstić information content (AvgIpc) is 2.73. The first-order chi connectivity index (χ1) is 11.1. The summed E-state index contributed by atoms with van der Waals surface area (Å²) in [4.78, 5) is 0. The van der Waals surface area contributed by atoms with Crippen LogP contribution in [-0.2, 0) is 0 Å². The fourth-order valence-electron chi connectivity index (χ4n) is 7.37. The van der Waals surface area contributed by atoms with Crippen LogP contribution in [0.25, 0.3) is 0 Å². The lowest BCUT2D eigenvalue weighted by atomic mass is 9.59. The van der Waals surface area contributed by atoms with Crippen molar-refractivity contribution in [2.24, 2.45) is 34.5 Å². The van der Waals surface area contributed by atoms with Crippen molar-refractivity contribution in [3.8, 4) is 0 Å². The molecule has 5 N–H and O–H groups in total. The van der Waals surface area contributed by atoms with Gasteiger partial charge in [-0.3, -0.25) is 0 Å². The fraction of sp³-hybridized carbons (Fsp3) is 1.00. The zero-order valence-electron chi connectivity index (χ0n) is 14.9. The topological polar surface area (TPSA) is 101 Å². The van der Waals surface area contributed by atoms with E-state index in [-0.39, 0.29) is 23.7 Å². The Bertz CT molecular complexity index is 536. The van der Waals surface area contributed by atoms with E-state index >= 15 is 0 Å². The summed E-state index contributed by atoms with van der Waals surface area (Å²) in [5.74, 6) is -0.0460. The Morgan fingerprint density at radius 1 is 0.875 bits per heavy atom. The highest BCUT2D eigenvalue weighted by atomic mass is 16.4. The van der Waals surface area contributed by atoms with Gasteiger partial charge in [-0.05, 0) is 49.9 Å². The molecule has 4 aliphatic carbocycles. The molecular formula is C19H32O5. The van der Waals surface area contributed by atoms with Gasteiger partial charge in [0.1, 0.15) is 5.60 Å². The first kappa shape index (κ1) is 17.2. The van der Waals surface area contributed by atoms with Crippen LogP contribution in [0.3, 0.4) is 0 Å². The molecule has 10 atom stereocenters. The molecule has 0 unspecified atom stereocenters. The molecule has 24 heavy (non-hydrogen) atoms. The molecule has 0 aliphatic heterocycles. The van der Waals surface area contributed by atoms with Gasteiger partial charge in [0.05, 0.1) is 24.4 Å². The van der Waals surface area contributed by atoms with Crippen LogP contribution in [-0.4, -0.2) is 55.5 Å². The molecule has 0 amide bonds. The van der Waals surface area contributed by atoms with E-state index in [1.807, 2.05) is 13.8 Å². The molecule has 5 heteroatoms. The minimum absolute atomic E-state index is 0.0875. The van der Waals surface area contributed by atoms with Crippen LogP contribution < -0.4 is 0 Å². The van der Waals surface area contributed by atoms with Gasteiger partial charge in [0.15, 0.2) is 0 Å². The highest BCUT2D eigenvalue weighted by Gasteiger charge is 2.71. The van der Waals surface area contributed by atoms with Crippen molar-refractivity contribution in [2.75, 3.05) is 0 Å². The van der Waals surface area contributed by atoms with Crippen molar-refractivity contribution in [1.82, 2.24) is 0 Å². The van der Waals surface area contributed by atoms with E-state index < -0.39 is 40.8 Å². The zero-order chi connectivity index (χ0) is 17.7. The summed E-state index contributed by atoms with van der Waals surface area (Å²) in [5, 5.41) is 54.6. The standard InChI is InChI=1S/C19H32O5/c1-9-11-5-4-10-13(20)7-18(11,16(10)23)8-15(22)19(24)12(9)6-14(21)17(19,2)3/h9-16,20-24H,4-8H2,1-3H3/t9-,10-,11-,12-,13-,14-,15+,16+,18+,19-/m0/s1. The van der Waals surface area contributed by atoms with Crippen LogP contribution in [0.15, 0.2) is 0 Å². The summed E-state index contributed by atoms with van der Waals surface area (Å²) in [7, 11) is 0. The van der Waals surface area contributed by atoms with Crippen LogP contribution in [0.5, 0.6) is 0 Å². The molecular weight excluding hydrogens is 308 g/mol. The van der Waals surface area contributed by atoms with E-state index in [2.05, 4.69) is 6.92 Å². The van der Waals surface area contributed by atoms with E-state index in [0.29, 0.717) is 19.3 Å². The fourth-order valence-corrected chi connectivity index (χ4v) is 7.37. The van der Waals surface area contributed by atoms with E-state index in [1.165, 1.54) is 0 Å².